The number of ketones is 1. The highest BCUT2D eigenvalue weighted by Crippen LogP contribution is 2.39. The monoisotopic (exact) mass is 403 g/mol. The van der Waals surface area contributed by atoms with Gasteiger partial charge >= 0.3 is 0 Å². The summed E-state index contributed by atoms with van der Waals surface area (Å²) in [5, 5.41) is 0. The zero-order chi connectivity index (χ0) is 19.7. The van der Waals surface area contributed by atoms with Crippen LogP contribution in [0, 0.1) is 0 Å². The molecule has 0 radical (unpaired) electrons. The predicted octanol–water partition coefficient (Wildman–Crippen LogP) is 4.64. The van der Waals surface area contributed by atoms with Crippen LogP contribution in [0.5, 0.6) is 5.75 Å². The molecule has 4 nitrogen and oxygen atoms in total. The molecule has 1 saturated heterocycles. The minimum absolute atomic E-state index is 0.0558. The van der Waals surface area contributed by atoms with Gasteiger partial charge in [-0.15, -0.1) is 0 Å². The zero-order valence-electron chi connectivity index (χ0n) is 15.1. The van der Waals surface area contributed by atoms with Crippen LogP contribution < -0.4 is 4.74 Å². The number of fused-ring (bicyclic) bond motifs is 1. The fraction of sp³-hybridized carbons (Fsp3) is 0.333. The molecule has 2 heterocycles. The van der Waals surface area contributed by atoms with Gasteiger partial charge in [-0.3, -0.25) is 9.59 Å². The van der Waals surface area contributed by atoms with Crippen LogP contribution in [-0.4, -0.2) is 41.0 Å². The van der Waals surface area contributed by atoms with Gasteiger partial charge in [-0.05, 0) is 24.3 Å². The van der Waals surface area contributed by atoms with Crippen LogP contribution in [-0.2, 0) is 0 Å². The van der Waals surface area contributed by atoms with Gasteiger partial charge in [-0.25, -0.2) is 0 Å². The van der Waals surface area contributed by atoms with E-state index in [1.165, 1.54) is 6.07 Å². The largest absolute Gasteiger partial charge is 0.486 e. The number of Topliss-reactive ketones (excluding diaryl/α,β-unsaturated/α-hetero) is 1. The standard InChI is InChI=1S/C21H19F2NO3S/c22-20(23)28-18-8-4-2-6-15(18)19(26)24-11-9-21(10-12-24)13-16(25)14-5-1-3-7-17(14)27-21/h1-8,20H,9-13H2. The highest BCUT2D eigenvalue weighted by molar-refractivity contribution is 7.99. The Morgan fingerprint density at radius 3 is 2.50 bits per heavy atom. The number of halogens is 2. The third-order valence-electron chi connectivity index (χ3n) is 5.29. The number of carbonyl (C=O) groups is 2. The molecule has 0 bridgehead atoms. The van der Waals surface area contributed by atoms with Crippen molar-refractivity contribution in [2.45, 2.75) is 35.5 Å². The van der Waals surface area contributed by atoms with Crippen LogP contribution in [0.25, 0.3) is 0 Å². The lowest BCUT2D eigenvalue weighted by molar-refractivity contribution is -0.00578. The maximum absolute atomic E-state index is 12.9. The van der Waals surface area contributed by atoms with E-state index < -0.39 is 11.4 Å². The predicted molar refractivity (Wildman–Crippen MR) is 102 cm³/mol. The summed E-state index contributed by atoms with van der Waals surface area (Å²) in [4.78, 5) is 27.3. The first kappa shape index (κ1) is 18.9. The number of rotatable bonds is 3. The molecule has 0 N–H and O–H groups in total. The van der Waals surface area contributed by atoms with Gasteiger partial charge in [0, 0.05) is 30.8 Å². The van der Waals surface area contributed by atoms with E-state index in [0.29, 0.717) is 55.4 Å². The summed E-state index contributed by atoms with van der Waals surface area (Å²) in [7, 11) is 0. The minimum Gasteiger partial charge on any atom is -0.486 e. The van der Waals surface area contributed by atoms with Crippen molar-refractivity contribution < 1.29 is 23.1 Å². The van der Waals surface area contributed by atoms with Gasteiger partial charge < -0.3 is 9.64 Å². The number of hydrogen-bond acceptors (Lipinski definition) is 4. The Labute approximate surface area is 165 Å². The molecule has 0 aromatic heterocycles. The number of thioether (sulfide) groups is 1. The van der Waals surface area contributed by atoms with Gasteiger partial charge in [0.15, 0.2) is 5.78 Å². The van der Waals surface area contributed by atoms with E-state index in [-0.39, 0.29) is 22.1 Å². The van der Waals surface area contributed by atoms with Crippen molar-refractivity contribution in [2.24, 2.45) is 0 Å². The fourth-order valence-electron chi connectivity index (χ4n) is 3.85. The second-order valence-electron chi connectivity index (χ2n) is 7.05. The van der Waals surface area contributed by atoms with E-state index in [1.54, 1.807) is 35.2 Å². The molecule has 0 aliphatic carbocycles. The number of benzene rings is 2. The van der Waals surface area contributed by atoms with E-state index in [1.807, 2.05) is 12.1 Å². The molecule has 1 fully saturated rings. The molecular formula is C21H19F2NO3S. The molecule has 2 aliphatic rings. The number of para-hydroxylation sites is 1. The average molecular weight is 403 g/mol. The third kappa shape index (κ3) is 3.63. The number of likely N-dealkylation sites (tertiary alicyclic amines) is 1. The Morgan fingerprint density at radius 1 is 1.07 bits per heavy atom. The second kappa shape index (κ2) is 7.54. The van der Waals surface area contributed by atoms with Crippen molar-refractivity contribution in [2.75, 3.05) is 13.1 Å². The molecular weight excluding hydrogens is 384 g/mol. The summed E-state index contributed by atoms with van der Waals surface area (Å²) in [6, 6.07) is 13.6. The summed E-state index contributed by atoms with van der Waals surface area (Å²) in [5.41, 5.74) is 0.290. The van der Waals surface area contributed by atoms with E-state index in [9.17, 15) is 18.4 Å². The number of carbonyl (C=O) groups excluding carboxylic acids is 2. The summed E-state index contributed by atoms with van der Waals surface area (Å²) in [6.45, 7) is 0.837. The van der Waals surface area contributed by atoms with Gasteiger partial charge in [0.2, 0.25) is 0 Å². The number of nitrogens with zero attached hydrogens (tertiary/aromatic N) is 1. The number of amides is 1. The SMILES string of the molecule is O=C1CC2(CCN(C(=O)c3ccccc3SC(F)F)CC2)Oc2ccccc21. The van der Waals surface area contributed by atoms with Crippen LogP contribution in [0.2, 0.25) is 0 Å². The Balaban J connectivity index is 1.48. The van der Waals surface area contributed by atoms with E-state index >= 15 is 0 Å². The molecule has 0 atom stereocenters. The number of hydrogen-bond donors (Lipinski definition) is 0. The van der Waals surface area contributed by atoms with E-state index in [4.69, 9.17) is 4.74 Å². The summed E-state index contributed by atoms with van der Waals surface area (Å²) in [6.07, 6.45) is 1.36. The lowest BCUT2D eigenvalue weighted by Gasteiger charge is -2.44. The molecule has 146 valence electrons. The molecule has 28 heavy (non-hydrogen) atoms. The van der Waals surface area contributed by atoms with Gasteiger partial charge in [0.05, 0.1) is 17.5 Å². The van der Waals surface area contributed by atoms with Crippen LogP contribution in [0.1, 0.15) is 40.0 Å². The van der Waals surface area contributed by atoms with Crippen molar-refractivity contribution >= 4 is 23.5 Å². The Bertz CT molecular complexity index is 910. The summed E-state index contributed by atoms with van der Waals surface area (Å²) in [5.74, 6) is -2.20. The molecule has 2 aliphatic heterocycles. The van der Waals surface area contributed by atoms with Crippen molar-refractivity contribution in [3.05, 3.63) is 59.7 Å². The maximum atomic E-state index is 12.9. The quantitative estimate of drug-likeness (QED) is 0.701. The highest BCUT2D eigenvalue weighted by atomic mass is 32.2. The first-order valence-corrected chi connectivity index (χ1v) is 10.00. The zero-order valence-corrected chi connectivity index (χ0v) is 15.9. The van der Waals surface area contributed by atoms with Crippen molar-refractivity contribution in [3.63, 3.8) is 0 Å². The summed E-state index contributed by atoms with van der Waals surface area (Å²) >= 11 is 0.381. The van der Waals surface area contributed by atoms with Crippen LogP contribution in [0.4, 0.5) is 8.78 Å². The van der Waals surface area contributed by atoms with Gasteiger partial charge in [0.1, 0.15) is 11.4 Å². The van der Waals surface area contributed by atoms with Crippen LogP contribution >= 0.6 is 11.8 Å². The van der Waals surface area contributed by atoms with E-state index in [2.05, 4.69) is 0 Å². The lowest BCUT2D eigenvalue weighted by Crippen LogP contribution is -2.52. The first-order valence-electron chi connectivity index (χ1n) is 9.12. The average Bonchev–Trinajstić information content (AvgIpc) is 2.68. The molecule has 2 aromatic carbocycles. The van der Waals surface area contributed by atoms with Crippen molar-refractivity contribution in [3.8, 4) is 5.75 Å². The third-order valence-corrected chi connectivity index (χ3v) is 6.08. The molecule has 7 heteroatoms. The maximum Gasteiger partial charge on any atom is 0.288 e. The molecule has 0 unspecified atom stereocenters. The van der Waals surface area contributed by atoms with Crippen molar-refractivity contribution in [1.82, 2.24) is 4.90 Å². The summed E-state index contributed by atoms with van der Waals surface area (Å²) < 4.78 is 31.8. The molecule has 1 amide bonds. The molecule has 4 rings (SSSR count). The fourth-order valence-corrected chi connectivity index (χ4v) is 4.48. The Hall–Kier alpha value is -2.41. The normalized spacial score (nSPS) is 18.1. The van der Waals surface area contributed by atoms with Gasteiger partial charge in [0.25, 0.3) is 11.7 Å². The minimum atomic E-state index is -2.58. The second-order valence-corrected chi connectivity index (χ2v) is 8.08. The smallest absolute Gasteiger partial charge is 0.288 e. The highest BCUT2D eigenvalue weighted by Gasteiger charge is 2.43. The number of alkyl halides is 2. The Kier molecular flexibility index (Phi) is 5.10. The molecule has 1 spiro atoms. The topological polar surface area (TPSA) is 46.6 Å². The van der Waals surface area contributed by atoms with Crippen LogP contribution in [0.15, 0.2) is 53.4 Å². The van der Waals surface area contributed by atoms with Gasteiger partial charge in [-0.2, -0.15) is 8.78 Å². The number of piperidine rings is 1. The van der Waals surface area contributed by atoms with Gasteiger partial charge in [-0.1, -0.05) is 36.0 Å². The molecule has 2 aromatic rings. The first-order chi connectivity index (χ1) is 13.5. The van der Waals surface area contributed by atoms with Crippen molar-refractivity contribution in [1.29, 1.82) is 0 Å². The lowest BCUT2D eigenvalue weighted by atomic mass is 9.82. The van der Waals surface area contributed by atoms with Crippen LogP contribution in [0.3, 0.4) is 0 Å². The van der Waals surface area contributed by atoms with E-state index in [0.717, 1.165) is 0 Å². The Morgan fingerprint density at radius 2 is 1.75 bits per heavy atom. The molecule has 0 saturated carbocycles. The number of ether oxygens (including phenoxy) is 1.